The Morgan fingerprint density at radius 2 is 1.65 bits per heavy atom. The van der Waals surface area contributed by atoms with Crippen LogP contribution < -0.4 is 14.5 Å². The lowest BCUT2D eigenvalue weighted by molar-refractivity contribution is 0.409. The maximum absolute atomic E-state index is 14.3. The van der Waals surface area contributed by atoms with Crippen LogP contribution in [-0.4, -0.2) is 56.3 Å². The van der Waals surface area contributed by atoms with Crippen molar-refractivity contribution in [3.05, 3.63) is 77.6 Å². The predicted octanol–water partition coefficient (Wildman–Crippen LogP) is 4.86. The van der Waals surface area contributed by atoms with Crippen molar-refractivity contribution in [1.82, 2.24) is 30.1 Å². The summed E-state index contributed by atoms with van der Waals surface area (Å²) in [6, 6.07) is 12.1. The first-order valence-electron chi connectivity index (χ1n) is 11.5. The number of anilines is 2. The number of halogens is 3. The van der Waals surface area contributed by atoms with E-state index < -0.39 is 11.6 Å². The summed E-state index contributed by atoms with van der Waals surface area (Å²) >= 11 is 6.48. The molecule has 186 valence electrons. The van der Waals surface area contributed by atoms with Crippen LogP contribution in [0.1, 0.15) is 0 Å². The Bertz CT molecular complexity index is 1570. The first-order valence-corrected chi connectivity index (χ1v) is 11.9. The fourth-order valence-electron chi connectivity index (χ4n) is 4.24. The van der Waals surface area contributed by atoms with Gasteiger partial charge in [-0.25, -0.2) is 18.7 Å². The SMILES string of the molecule is Fc1ccc(Oc2nc(N3CCN(c4ncccn4)CC3)c3c(-c4ccccc4Cl)n[nH]c3n2)c(F)c1. The zero-order valence-corrected chi connectivity index (χ0v) is 20.0. The van der Waals surface area contributed by atoms with Crippen LogP contribution in [0.2, 0.25) is 5.02 Å². The molecule has 9 nitrogen and oxygen atoms in total. The van der Waals surface area contributed by atoms with E-state index in [1.54, 1.807) is 24.5 Å². The van der Waals surface area contributed by atoms with E-state index in [-0.39, 0.29) is 11.8 Å². The van der Waals surface area contributed by atoms with Gasteiger partial charge in [-0.1, -0.05) is 29.8 Å². The first-order chi connectivity index (χ1) is 18.1. The monoisotopic (exact) mass is 520 g/mol. The number of hydrogen-bond donors (Lipinski definition) is 1. The van der Waals surface area contributed by atoms with Gasteiger partial charge in [0, 0.05) is 50.2 Å². The highest BCUT2D eigenvalue weighted by Crippen LogP contribution is 2.37. The van der Waals surface area contributed by atoms with E-state index in [9.17, 15) is 8.78 Å². The van der Waals surface area contributed by atoms with Gasteiger partial charge in [0.2, 0.25) is 5.95 Å². The molecule has 37 heavy (non-hydrogen) atoms. The molecule has 1 fully saturated rings. The number of benzene rings is 2. The molecular formula is C25H19ClF2N8O. The summed E-state index contributed by atoms with van der Waals surface area (Å²) < 4.78 is 33.3. The Morgan fingerprint density at radius 3 is 2.41 bits per heavy atom. The summed E-state index contributed by atoms with van der Waals surface area (Å²) in [7, 11) is 0. The molecule has 12 heteroatoms. The molecule has 4 heterocycles. The summed E-state index contributed by atoms with van der Waals surface area (Å²) in [5.74, 6) is -0.544. The summed E-state index contributed by atoms with van der Waals surface area (Å²) in [5.41, 5.74) is 1.70. The summed E-state index contributed by atoms with van der Waals surface area (Å²) in [6.45, 7) is 2.50. The number of rotatable bonds is 5. The van der Waals surface area contributed by atoms with Gasteiger partial charge < -0.3 is 14.5 Å². The molecule has 1 aliphatic rings. The van der Waals surface area contributed by atoms with Crippen molar-refractivity contribution in [3.63, 3.8) is 0 Å². The highest BCUT2D eigenvalue weighted by atomic mass is 35.5. The lowest BCUT2D eigenvalue weighted by Crippen LogP contribution is -2.47. The van der Waals surface area contributed by atoms with Gasteiger partial charge in [0.05, 0.1) is 10.4 Å². The Hall–Kier alpha value is -4.38. The maximum atomic E-state index is 14.3. The Labute approximate surface area is 214 Å². The zero-order valence-electron chi connectivity index (χ0n) is 19.3. The largest absolute Gasteiger partial charge is 0.421 e. The normalized spacial score (nSPS) is 13.8. The second-order valence-corrected chi connectivity index (χ2v) is 8.71. The third-order valence-electron chi connectivity index (χ3n) is 6.02. The number of piperazine rings is 1. The third-order valence-corrected chi connectivity index (χ3v) is 6.35. The van der Waals surface area contributed by atoms with E-state index in [4.69, 9.17) is 16.3 Å². The second-order valence-electron chi connectivity index (χ2n) is 8.31. The van der Waals surface area contributed by atoms with E-state index >= 15 is 0 Å². The molecule has 2 aromatic carbocycles. The molecule has 1 saturated heterocycles. The van der Waals surface area contributed by atoms with E-state index in [1.165, 1.54) is 6.07 Å². The average Bonchev–Trinajstić information content (AvgIpc) is 3.34. The number of aromatic nitrogens is 6. The Balaban J connectivity index is 1.41. The number of H-pyrrole nitrogens is 1. The minimum atomic E-state index is -0.858. The van der Waals surface area contributed by atoms with Crippen molar-refractivity contribution in [2.24, 2.45) is 0 Å². The van der Waals surface area contributed by atoms with E-state index in [1.807, 2.05) is 18.2 Å². The molecule has 0 amide bonds. The molecule has 3 aromatic heterocycles. The van der Waals surface area contributed by atoms with Gasteiger partial charge in [0.25, 0.3) is 0 Å². The van der Waals surface area contributed by atoms with Gasteiger partial charge >= 0.3 is 6.01 Å². The van der Waals surface area contributed by atoms with Gasteiger partial charge in [-0.05, 0) is 24.3 Å². The molecule has 0 saturated carbocycles. The highest BCUT2D eigenvalue weighted by Gasteiger charge is 2.26. The molecule has 5 aromatic rings. The molecular weight excluding hydrogens is 502 g/mol. The standard InChI is InChI=1S/C25H19ClF2N8O/c26-17-5-2-1-4-16(17)21-20-22(34-33-21)31-25(37-19-7-6-15(27)14-18(19)28)32-23(20)35-10-12-36(13-11-35)24-29-8-3-9-30-24/h1-9,14H,10-13H2,(H,31,32,33,34). The lowest BCUT2D eigenvalue weighted by Gasteiger charge is -2.35. The van der Waals surface area contributed by atoms with Crippen LogP contribution in [0.3, 0.4) is 0 Å². The van der Waals surface area contributed by atoms with Crippen LogP contribution in [0.25, 0.3) is 22.3 Å². The van der Waals surface area contributed by atoms with Gasteiger partial charge in [-0.3, -0.25) is 5.10 Å². The van der Waals surface area contributed by atoms with Gasteiger partial charge in [0.1, 0.15) is 17.3 Å². The molecule has 0 unspecified atom stereocenters. The molecule has 0 aliphatic carbocycles. The van der Waals surface area contributed by atoms with E-state index in [0.717, 1.165) is 17.7 Å². The van der Waals surface area contributed by atoms with Crippen molar-refractivity contribution in [2.75, 3.05) is 36.0 Å². The van der Waals surface area contributed by atoms with Gasteiger partial charge in [-0.2, -0.15) is 15.1 Å². The summed E-state index contributed by atoms with van der Waals surface area (Å²) in [4.78, 5) is 21.9. The molecule has 1 N–H and O–H groups in total. The van der Waals surface area contributed by atoms with Crippen LogP contribution in [0, 0.1) is 11.6 Å². The van der Waals surface area contributed by atoms with Crippen LogP contribution in [-0.2, 0) is 0 Å². The molecule has 0 spiro atoms. The Kier molecular flexibility index (Phi) is 5.97. The fraction of sp³-hybridized carbons (Fsp3) is 0.160. The molecule has 0 atom stereocenters. The van der Waals surface area contributed by atoms with Crippen molar-refractivity contribution in [3.8, 4) is 23.0 Å². The van der Waals surface area contributed by atoms with Crippen molar-refractivity contribution < 1.29 is 13.5 Å². The number of nitrogens with one attached hydrogen (secondary N) is 1. The van der Waals surface area contributed by atoms with Gasteiger partial charge in [-0.15, -0.1) is 0 Å². The van der Waals surface area contributed by atoms with Crippen LogP contribution in [0.15, 0.2) is 60.9 Å². The topological polar surface area (TPSA) is 96.0 Å². The molecule has 0 radical (unpaired) electrons. The Morgan fingerprint density at radius 1 is 0.892 bits per heavy atom. The average molecular weight is 521 g/mol. The smallest absolute Gasteiger partial charge is 0.326 e. The zero-order chi connectivity index (χ0) is 25.4. The quantitative estimate of drug-likeness (QED) is 0.351. The number of hydrogen-bond acceptors (Lipinski definition) is 8. The van der Waals surface area contributed by atoms with Crippen molar-refractivity contribution >= 4 is 34.4 Å². The van der Waals surface area contributed by atoms with Gasteiger partial charge in [0.15, 0.2) is 17.2 Å². The predicted molar refractivity (Wildman–Crippen MR) is 135 cm³/mol. The molecule has 1 aliphatic heterocycles. The number of fused-ring (bicyclic) bond motifs is 1. The lowest BCUT2D eigenvalue weighted by atomic mass is 10.1. The van der Waals surface area contributed by atoms with Crippen molar-refractivity contribution in [1.29, 1.82) is 0 Å². The first kappa shape index (κ1) is 23.0. The molecule has 6 rings (SSSR count). The van der Waals surface area contributed by atoms with Crippen LogP contribution in [0.4, 0.5) is 20.5 Å². The van der Waals surface area contributed by atoms with E-state index in [0.29, 0.717) is 59.7 Å². The minimum absolute atomic E-state index is 0.101. The number of aromatic amines is 1. The number of ether oxygens (including phenoxy) is 1. The minimum Gasteiger partial charge on any atom is -0.421 e. The summed E-state index contributed by atoms with van der Waals surface area (Å²) in [6.07, 6.45) is 3.42. The fourth-order valence-corrected chi connectivity index (χ4v) is 4.47. The number of nitrogens with zero attached hydrogens (tertiary/aromatic N) is 7. The van der Waals surface area contributed by atoms with Crippen LogP contribution in [0.5, 0.6) is 11.8 Å². The molecule has 0 bridgehead atoms. The van der Waals surface area contributed by atoms with E-state index in [2.05, 4.69) is 39.9 Å². The maximum Gasteiger partial charge on any atom is 0.326 e. The van der Waals surface area contributed by atoms with Crippen molar-refractivity contribution in [2.45, 2.75) is 0 Å². The highest BCUT2D eigenvalue weighted by molar-refractivity contribution is 6.33. The second kappa shape index (κ2) is 9.58. The third kappa shape index (κ3) is 4.49. The van der Waals surface area contributed by atoms with Crippen LogP contribution >= 0.6 is 11.6 Å². The summed E-state index contributed by atoms with van der Waals surface area (Å²) in [5, 5.41) is 8.59.